The summed E-state index contributed by atoms with van der Waals surface area (Å²) >= 11 is 1.96. The van der Waals surface area contributed by atoms with Gasteiger partial charge in [0.05, 0.1) is 23.9 Å². The highest BCUT2D eigenvalue weighted by Crippen LogP contribution is 2.32. The van der Waals surface area contributed by atoms with E-state index >= 15 is 0 Å². The van der Waals surface area contributed by atoms with Gasteiger partial charge < -0.3 is 4.74 Å². The number of unbranched alkanes of at least 4 members (excludes halogenated alkanes) is 1. The third-order valence-electron chi connectivity index (χ3n) is 5.52. The molecule has 1 unspecified atom stereocenters. The Labute approximate surface area is 151 Å². The number of morpholine rings is 1. The lowest BCUT2D eigenvalue weighted by atomic mass is 9.99. The van der Waals surface area contributed by atoms with Crippen LogP contribution in [0.3, 0.4) is 0 Å². The number of hydrogen-bond donors (Lipinski definition) is 0. The van der Waals surface area contributed by atoms with Crippen molar-refractivity contribution in [3.63, 3.8) is 0 Å². The lowest BCUT2D eigenvalue weighted by molar-refractivity contribution is 0.0368. The Morgan fingerprint density at radius 3 is 2.46 bits per heavy atom. The topological polar surface area (TPSA) is 28.6 Å². The van der Waals surface area contributed by atoms with Gasteiger partial charge in [-0.2, -0.15) is 0 Å². The predicted molar refractivity (Wildman–Crippen MR) is 101 cm³/mol. The minimum atomic E-state index is 0.586. The van der Waals surface area contributed by atoms with E-state index in [4.69, 9.17) is 9.72 Å². The lowest BCUT2D eigenvalue weighted by Gasteiger charge is -2.28. The van der Waals surface area contributed by atoms with Crippen molar-refractivity contribution in [1.82, 2.24) is 14.8 Å². The van der Waals surface area contributed by atoms with Gasteiger partial charge in [0.2, 0.25) is 0 Å². The summed E-state index contributed by atoms with van der Waals surface area (Å²) in [7, 11) is 0. The quantitative estimate of drug-likeness (QED) is 0.704. The molecule has 0 N–H and O–H groups in total. The highest BCUT2D eigenvalue weighted by molar-refractivity contribution is 7.11. The van der Waals surface area contributed by atoms with Crippen molar-refractivity contribution in [3.05, 3.63) is 15.6 Å². The van der Waals surface area contributed by atoms with Crippen LogP contribution in [0.5, 0.6) is 0 Å². The Balaban J connectivity index is 1.41. The Kier molecular flexibility index (Phi) is 6.67. The average Bonchev–Trinajstić information content (AvgIpc) is 3.02. The summed E-state index contributed by atoms with van der Waals surface area (Å²) in [6.45, 7) is 15.7. The van der Waals surface area contributed by atoms with Crippen LogP contribution in [0.25, 0.3) is 0 Å². The minimum absolute atomic E-state index is 0.586. The molecule has 0 spiro atoms. The van der Waals surface area contributed by atoms with Crippen molar-refractivity contribution < 1.29 is 4.74 Å². The van der Waals surface area contributed by atoms with Crippen molar-refractivity contribution in [1.29, 1.82) is 0 Å². The molecule has 136 valence electrons. The van der Waals surface area contributed by atoms with Gasteiger partial charge in [-0.1, -0.05) is 20.8 Å². The molecule has 4 nitrogen and oxygen atoms in total. The first-order valence-electron chi connectivity index (χ1n) is 9.64. The van der Waals surface area contributed by atoms with Crippen LogP contribution in [0.4, 0.5) is 0 Å². The fourth-order valence-electron chi connectivity index (χ4n) is 3.44. The van der Waals surface area contributed by atoms with Crippen LogP contribution >= 0.6 is 11.3 Å². The molecule has 0 radical (unpaired) electrons. The second-order valence-electron chi connectivity index (χ2n) is 7.64. The second-order valence-corrected chi connectivity index (χ2v) is 8.76. The molecule has 3 rings (SSSR count). The zero-order chi connectivity index (χ0) is 16.9. The molecule has 24 heavy (non-hydrogen) atoms. The number of fused-ring (bicyclic) bond motifs is 1. The highest BCUT2D eigenvalue weighted by Gasteiger charge is 2.23. The van der Waals surface area contributed by atoms with Crippen LogP contribution in [0, 0.1) is 5.92 Å². The molecule has 0 bridgehead atoms. The van der Waals surface area contributed by atoms with Crippen LogP contribution in [0.1, 0.15) is 55.1 Å². The largest absolute Gasteiger partial charge is 0.379 e. The van der Waals surface area contributed by atoms with Gasteiger partial charge in [0, 0.05) is 37.0 Å². The van der Waals surface area contributed by atoms with E-state index < -0.39 is 0 Å². The molecule has 0 aromatic carbocycles. The molecule has 0 aliphatic carbocycles. The summed E-state index contributed by atoms with van der Waals surface area (Å²) in [5, 5.41) is 1.35. The fourth-order valence-corrected chi connectivity index (χ4v) is 4.73. The maximum Gasteiger partial charge on any atom is 0.0962 e. The van der Waals surface area contributed by atoms with Gasteiger partial charge in [-0.15, -0.1) is 11.3 Å². The summed E-state index contributed by atoms with van der Waals surface area (Å²) in [5.41, 5.74) is 1.36. The zero-order valence-electron chi connectivity index (χ0n) is 15.6. The van der Waals surface area contributed by atoms with E-state index in [1.54, 1.807) is 4.88 Å². The summed E-state index contributed by atoms with van der Waals surface area (Å²) < 4.78 is 5.41. The lowest BCUT2D eigenvalue weighted by Crippen LogP contribution is -2.37. The fraction of sp³-hybridized carbons (Fsp3) is 0.842. The SMILES string of the molecule is CC(C)C(C)c1nc2c(s1)CCN(CCCCN1CCOCC1)C2. The van der Waals surface area contributed by atoms with Crippen molar-refractivity contribution in [2.75, 3.05) is 45.9 Å². The number of ether oxygens (including phenoxy) is 1. The monoisotopic (exact) mass is 351 g/mol. The van der Waals surface area contributed by atoms with Gasteiger partial charge in [0.25, 0.3) is 0 Å². The summed E-state index contributed by atoms with van der Waals surface area (Å²) in [6, 6.07) is 0. The molecule has 2 aliphatic rings. The summed E-state index contributed by atoms with van der Waals surface area (Å²) in [6.07, 6.45) is 3.80. The van der Waals surface area contributed by atoms with Crippen LogP contribution in [-0.2, 0) is 17.7 Å². The molecule has 0 amide bonds. The molecule has 1 aromatic heterocycles. The van der Waals surface area contributed by atoms with Gasteiger partial charge in [-0.3, -0.25) is 9.80 Å². The van der Waals surface area contributed by atoms with E-state index in [9.17, 15) is 0 Å². The molecule has 0 saturated carbocycles. The smallest absolute Gasteiger partial charge is 0.0962 e. The number of rotatable bonds is 7. The summed E-state index contributed by atoms with van der Waals surface area (Å²) in [4.78, 5) is 11.7. The van der Waals surface area contributed by atoms with Gasteiger partial charge in [0.1, 0.15) is 0 Å². The van der Waals surface area contributed by atoms with Crippen molar-refractivity contribution in [3.8, 4) is 0 Å². The third-order valence-corrected chi connectivity index (χ3v) is 6.87. The number of hydrogen-bond acceptors (Lipinski definition) is 5. The summed E-state index contributed by atoms with van der Waals surface area (Å²) in [5.74, 6) is 1.26. The first-order chi connectivity index (χ1) is 11.6. The zero-order valence-corrected chi connectivity index (χ0v) is 16.4. The molecule has 1 aromatic rings. The van der Waals surface area contributed by atoms with Crippen LogP contribution in [0.15, 0.2) is 0 Å². The maximum absolute atomic E-state index is 5.41. The van der Waals surface area contributed by atoms with Crippen LogP contribution in [0.2, 0.25) is 0 Å². The molecule has 1 fully saturated rings. The normalized spacial score (nSPS) is 21.2. The van der Waals surface area contributed by atoms with Crippen LogP contribution < -0.4 is 0 Å². The van der Waals surface area contributed by atoms with Gasteiger partial charge in [-0.25, -0.2) is 4.98 Å². The Hall–Kier alpha value is -0.490. The van der Waals surface area contributed by atoms with Gasteiger partial charge in [0.15, 0.2) is 0 Å². The Bertz CT molecular complexity index is 511. The highest BCUT2D eigenvalue weighted by atomic mass is 32.1. The Morgan fingerprint density at radius 2 is 1.75 bits per heavy atom. The van der Waals surface area contributed by atoms with E-state index in [1.165, 1.54) is 49.6 Å². The molecule has 1 saturated heterocycles. The van der Waals surface area contributed by atoms with Crippen molar-refractivity contribution in [2.24, 2.45) is 5.92 Å². The molecular formula is C19H33N3OS. The predicted octanol–water partition coefficient (Wildman–Crippen LogP) is 3.37. The average molecular weight is 352 g/mol. The van der Waals surface area contributed by atoms with Gasteiger partial charge >= 0.3 is 0 Å². The number of thiazole rings is 1. The molecule has 3 heterocycles. The molecule has 2 aliphatic heterocycles. The van der Waals surface area contributed by atoms with Crippen LogP contribution in [-0.4, -0.2) is 60.7 Å². The van der Waals surface area contributed by atoms with E-state index in [-0.39, 0.29) is 0 Å². The maximum atomic E-state index is 5.41. The van der Waals surface area contributed by atoms with E-state index in [0.717, 1.165) is 32.8 Å². The minimum Gasteiger partial charge on any atom is -0.379 e. The standard InChI is InChI=1S/C19H33N3OS/c1-15(2)16(3)19-20-17-14-22(9-6-18(17)24-19)8-5-4-7-21-10-12-23-13-11-21/h15-16H,4-14H2,1-3H3. The molecule has 1 atom stereocenters. The van der Waals surface area contributed by atoms with E-state index in [0.29, 0.717) is 11.8 Å². The van der Waals surface area contributed by atoms with E-state index in [1.807, 2.05) is 11.3 Å². The third kappa shape index (κ3) is 4.78. The van der Waals surface area contributed by atoms with E-state index in [2.05, 4.69) is 30.6 Å². The Morgan fingerprint density at radius 1 is 1.04 bits per heavy atom. The second kappa shape index (κ2) is 8.75. The first-order valence-corrected chi connectivity index (χ1v) is 10.5. The van der Waals surface area contributed by atoms with Crippen molar-refractivity contribution >= 4 is 11.3 Å². The number of aromatic nitrogens is 1. The number of nitrogens with zero attached hydrogens (tertiary/aromatic N) is 3. The van der Waals surface area contributed by atoms with Crippen molar-refractivity contribution in [2.45, 2.75) is 52.5 Å². The molecule has 5 heteroatoms. The van der Waals surface area contributed by atoms with Gasteiger partial charge in [-0.05, 0) is 38.3 Å². The molecular weight excluding hydrogens is 318 g/mol. The first kappa shape index (κ1) is 18.3.